The van der Waals surface area contributed by atoms with E-state index in [9.17, 15) is 4.79 Å². The first-order chi connectivity index (χ1) is 10.7. The molecule has 3 rings (SSSR count). The van der Waals surface area contributed by atoms with Crippen LogP contribution in [0.25, 0.3) is 10.9 Å². The first-order valence-corrected chi connectivity index (χ1v) is 7.16. The number of aromatic amines is 1. The number of rotatable bonds is 4. The van der Waals surface area contributed by atoms with Crippen molar-refractivity contribution in [1.29, 1.82) is 0 Å². The molecular formula is C15H19N3O4. The summed E-state index contributed by atoms with van der Waals surface area (Å²) in [6, 6.07) is 3.38. The third-order valence-electron chi connectivity index (χ3n) is 3.74. The Hall–Kier alpha value is -2.12. The topological polar surface area (TPSA) is 76.7 Å². The highest BCUT2D eigenvalue weighted by molar-refractivity contribution is 5.81. The number of hydrogen-bond acceptors (Lipinski definition) is 6. The largest absolute Gasteiger partial charge is 0.493 e. The van der Waals surface area contributed by atoms with Gasteiger partial charge in [-0.3, -0.25) is 9.69 Å². The smallest absolute Gasteiger partial charge is 0.258 e. The van der Waals surface area contributed by atoms with Gasteiger partial charge in [0.15, 0.2) is 11.5 Å². The van der Waals surface area contributed by atoms with Crippen molar-refractivity contribution in [3.05, 3.63) is 28.3 Å². The van der Waals surface area contributed by atoms with Crippen molar-refractivity contribution >= 4 is 10.9 Å². The molecule has 1 saturated heterocycles. The van der Waals surface area contributed by atoms with Gasteiger partial charge in [0, 0.05) is 19.2 Å². The Balaban J connectivity index is 1.98. The van der Waals surface area contributed by atoms with Crippen molar-refractivity contribution in [3.8, 4) is 11.5 Å². The number of methoxy groups -OCH3 is 2. The van der Waals surface area contributed by atoms with Crippen molar-refractivity contribution in [2.75, 3.05) is 40.5 Å². The highest BCUT2D eigenvalue weighted by atomic mass is 16.5. The van der Waals surface area contributed by atoms with E-state index in [1.54, 1.807) is 19.2 Å². The predicted molar refractivity (Wildman–Crippen MR) is 81.6 cm³/mol. The van der Waals surface area contributed by atoms with Gasteiger partial charge in [-0.1, -0.05) is 0 Å². The van der Waals surface area contributed by atoms with Crippen molar-refractivity contribution in [2.45, 2.75) is 6.54 Å². The third kappa shape index (κ3) is 2.90. The number of fused-ring (bicyclic) bond motifs is 1. The van der Waals surface area contributed by atoms with E-state index in [0.29, 0.717) is 48.0 Å². The molecular weight excluding hydrogens is 286 g/mol. The van der Waals surface area contributed by atoms with Crippen LogP contribution in [0.5, 0.6) is 11.5 Å². The second-order valence-electron chi connectivity index (χ2n) is 5.13. The minimum absolute atomic E-state index is 0.172. The standard InChI is InChI=1S/C15H19N3O4/c1-20-12-7-10-11(8-13(12)21-2)16-14(17-15(10)19)9-18-3-5-22-6-4-18/h7-8H,3-6,9H2,1-2H3,(H,16,17,19). The van der Waals surface area contributed by atoms with Crippen LogP contribution in [0.1, 0.15) is 5.82 Å². The van der Waals surface area contributed by atoms with Gasteiger partial charge in [0.25, 0.3) is 5.56 Å². The van der Waals surface area contributed by atoms with Crippen molar-refractivity contribution in [2.24, 2.45) is 0 Å². The molecule has 0 aliphatic carbocycles. The number of aromatic nitrogens is 2. The summed E-state index contributed by atoms with van der Waals surface area (Å²) in [5.74, 6) is 1.72. The van der Waals surface area contributed by atoms with Crippen LogP contribution in [0.4, 0.5) is 0 Å². The van der Waals surface area contributed by atoms with Crippen molar-refractivity contribution < 1.29 is 14.2 Å². The molecule has 0 unspecified atom stereocenters. The molecule has 0 spiro atoms. The van der Waals surface area contributed by atoms with Gasteiger partial charge in [-0.15, -0.1) is 0 Å². The molecule has 0 radical (unpaired) electrons. The summed E-state index contributed by atoms with van der Waals surface area (Å²) in [7, 11) is 3.10. The van der Waals surface area contributed by atoms with E-state index in [1.807, 2.05) is 0 Å². The molecule has 0 saturated carbocycles. The predicted octanol–water partition coefficient (Wildman–Crippen LogP) is 0.772. The summed E-state index contributed by atoms with van der Waals surface area (Å²) in [5.41, 5.74) is 0.430. The maximum Gasteiger partial charge on any atom is 0.258 e. The number of H-pyrrole nitrogens is 1. The van der Waals surface area contributed by atoms with Gasteiger partial charge < -0.3 is 19.2 Å². The summed E-state index contributed by atoms with van der Waals surface area (Å²) < 4.78 is 15.8. The van der Waals surface area contributed by atoms with E-state index in [0.717, 1.165) is 13.1 Å². The molecule has 1 N–H and O–H groups in total. The first kappa shape index (κ1) is 14.8. The van der Waals surface area contributed by atoms with Crippen LogP contribution in [0.2, 0.25) is 0 Å². The Labute approximate surface area is 127 Å². The molecule has 1 aliphatic heterocycles. The van der Waals surface area contributed by atoms with E-state index in [4.69, 9.17) is 14.2 Å². The monoisotopic (exact) mass is 305 g/mol. The highest BCUT2D eigenvalue weighted by Crippen LogP contribution is 2.29. The average molecular weight is 305 g/mol. The van der Waals surface area contributed by atoms with Crippen LogP contribution in [-0.4, -0.2) is 55.4 Å². The summed E-state index contributed by atoms with van der Waals surface area (Å²) in [6.07, 6.45) is 0. The molecule has 7 heteroatoms. The summed E-state index contributed by atoms with van der Waals surface area (Å²) >= 11 is 0. The van der Waals surface area contributed by atoms with E-state index >= 15 is 0 Å². The fourth-order valence-corrected chi connectivity index (χ4v) is 2.56. The molecule has 0 amide bonds. The quantitative estimate of drug-likeness (QED) is 0.899. The van der Waals surface area contributed by atoms with Gasteiger partial charge in [0.1, 0.15) is 5.82 Å². The van der Waals surface area contributed by atoms with Gasteiger partial charge in [0.2, 0.25) is 0 Å². The van der Waals surface area contributed by atoms with E-state index in [-0.39, 0.29) is 5.56 Å². The van der Waals surface area contributed by atoms with Gasteiger partial charge in [-0.25, -0.2) is 4.98 Å². The summed E-state index contributed by atoms with van der Waals surface area (Å²) in [4.78, 5) is 21.9. The zero-order valence-electron chi connectivity index (χ0n) is 12.7. The van der Waals surface area contributed by atoms with Crippen LogP contribution in [0.15, 0.2) is 16.9 Å². The van der Waals surface area contributed by atoms with Gasteiger partial charge in [0.05, 0.1) is 44.9 Å². The van der Waals surface area contributed by atoms with Gasteiger partial charge in [-0.05, 0) is 6.07 Å². The molecule has 1 aromatic heterocycles. The molecule has 118 valence electrons. The number of morpholine rings is 1. The Morgan fingerprint density at radius 3 is 2.59 bits per heavy atom. The lowest BCUT2D eigenvalue weighted by Gasteiger charge is -2.25. The van der Waals surface area contributed by atoms with Crippen LogP contribution in [-0.2, 0) is 11.3 Å². The molecule has 1 aliphatic rings. The molecule has 22 heavy (non-hydrogen) atoms. The lowest BCUT2D eigenvalue weighted by Crippen LogP contribution is -2.36. The maximum absolute atomic E-state index is 12.3. The fraction of sp³-hybridized carbons (Fsp3) is 0.467. The van der Waals surface area contributed by atoms with Gasteiger partial charge >= 0.3 is 0 Å². The molecule has 7 nitrogen and oxygen atoms in total. The third-order valence-corrected chi connectivity index (χ3v) is 3.74. The SMILES string of the molecule is COc1cc2nc(CN3CCOCC3)[nH]c(=O)c2cc1OC. The maximum atomic E-state index is 12.3. The van der Waals surface area contributed by atoms with Crippen LogP contribution < -0.4 is 15.0 Å². The number of ether oxygens (including phenoxy) is 3. The van der Waals surface area contributed by atoms with Crippen LogP contribution in [0.3, 0.4) is 0 Å². The normalized spacial score (nSPS) is 15.9. The fourth-order valence-electron chi connectivity index (χ4n) is 2.56. The van der Waals surface area contributed by atoms with Crippen LogP contribution in [0, 0.1) is 0 Å². The van der Waals surface area contributed by atoms with Crippen molar-refractivity contribution in [1.82, 2.24) is 14.9 Å². The Kier molecular flexibility index (Phi) is 4.26. The Morgan fingerprint density at radius 1 is 1.23 bits per heavy atom. The van der Waals surface area contributed by atoms with E-state index in [2.05, 4.69) is 14.9 Å². The van der Waals surface area contributed by atoms with E-state index < -0.39 is 0 Å². The first-order valence-electron chi connectivity index (χ1n) is 7.16. The van der Waals surface area contributed by atoms with Gasteiger partial charge in [-0.2, -0.15) is 0 Å². The van der Waals surface area contributed by atoms with Crippen molar-refractivity contribution in [3.63, 3.8) is 0 Å². The highest BCUT2D eigenvalue weighted by Gasteiger charge is 2.14. The number of nitrogens with one attached hydrogen (secondary N) is 1. The molecule has 1 fully saturated rings. The lowest BCUT2D eigenvalue weighted by atomic mass is 10.2. The van der Waals surface area contributed by atoms with Crippen LogP contribution >= 0.6 is 0 Å². The number of nitrogens with zero attached hydrogens (tertiary/aromatic N) is 2. The molecule has 2 heterocycles. The Bertz CT molecular complexity index is 723. The average Bonchev–Trinajstić information content (AvgIpc) is 2.54. The minimum atomic E-state index is -0.172. The molecule has 0 atom stereocenters. The number of benzene rings is 1. The second-order valence-corrected chi connectivity index (χ2v) is 5.13. The molecule has 0 bridgehead atoms. The number of hydrogen-bond donors (Lipinski definition) is 1. The zero-order chi connectivity index (χ0) is 15.5. The Morgan fingerprint density at radius 2 is 1.91 bits per heavy atom. The molecule has 2 aromatic rings. The molecule has 1 aromatic carbocycles. The van der Waals surface area contributed by atoms with E-state index in [1.165, 1.54) is 7.11 Å². The zero-order valence-corrected chi connectivity index (χ0v) is 12.7. The summed E-state index contributed by atoms with van der Waals surface area (Å²) in [5, 5.41) is 0.489. The lowest BCUT2D eigenvalue weighted by molar-refractivity contribution is 0.0331. The second kappa shape index (κ2) is 6.33. The minimum Gasteiger partial charge on any atom is -0.493 e. The summed E-state index contributed by atoms with van der Waals surface area (Å²) in [6.45, 7) is 3.70.